The van der Waals surface area contributed by atoms with Crippen LogP contribution in [0.4, 0.5) is 0 Å². The minimum Gasteiger partial charge on any atom is -0.267 e. The zero-order valence-electron chi connectivity index (χ0n) is 7.12. The first kappa shape index (κ1) is 6.89. The van der Waals surface area contributed by atoms with Crippen molar-refractivity contribution in [2.24, 2.45) is 0 Å². The van der Waals surface area contributed by atoms with Crippen molar-refractivity contribution >= 4 is 0 Å². The Labute approximate surface area is 67.2 Å². The number of hydrogen-bond acceptors (Lipinski definition) is 1. The van der Waals surface area contributed by atoms with Gasteiger partial charge in [-0.1, -0.05) is 0 Å². The molecule has 2 rings (SSSR count). The Hall–Kier alpha value is -0.790. The van der Waals surface area contributed by atoms with Crippen molar-refractivity contribution < 1.29 is 0 Å². The van der Waals surface area contributed by atoms with Crippen molar-refractivity contribution in [2.75, 3.05) is 0 Å². The number of nitrogens with zero attached hydrogens (tertiary/aromatic N) is 2. The van der Waals surface area contributed by atoms with Crippen molar-refractivity contribution in [3.63, 3.8) is 0 Å². The molecule has 0 atom stereocenters. The quantitative estimate of drug-likeness (QED) is 0.632. The fourth-order valence-electron chi connectivity index (χ4n) is 1.46. The summed E-state index contributed by atoms with van der Waals surface area (Å²) in [5.74, 6) is 0.819. The van der Waals surface area contributed by atoms with Crippen molar-refractivity contribution in [2.45, 2.75) is 38.6 Å². The van der Waals surface area contributed by atoms with Gasteiger partial charge in [-0.25, -0.2) is 0 Å². The molecule has 0 spiro atoms. The minimum atomic E-state index is 0.514. The van der Waals surface area contributed by atoms with Gasteiger partial charge < -0.3 is 0 Å². The number of hydrogen-bond donors (Lipinski definition) is 0. The molecule has 0 radical (unpaired) electrons. The Balaban J connectivity index is 2.30. The lowest BCUT2D eigenvalue weighted by Gasteiger charge is -2.09. The highest BCUT2D eigenvalue weighted by atomic mass is 15.3. The molecule has 0 bridgehead atoms. The van der Waals surface area contributed by atoms with Crippen molar-refractivity contribution in [3.05, 3.63) is 18.0 Å². The molecule has 0 amide bonds. The van der Waals surface area contributed by atoms with Crippen LogP contribution >= 0.6 is 0 Å². The molecule has 1 aliphatic carbocycles. The molecule has 1 aromatic rings. The van der Waals surface area contributed by atoms with E-state index in [-0.39, 0.29) is 0 Å². The summed E-state index contributed by atoms with van der Waals surface area (Å²) in [6.07, 6.45) is 4.63. The predicted molar refractivity (Wildman–Crippen MR) is 44.6 cm³/mol. The van der Waals surface area contributed by atoms with Crippen LogP contribution in [0.5, 0.6) is 0 Å². The third-order valence-electron chi connectivity index (χ3n) is 2.19. The van der Waals surface area contributed by atoms with Gasteiger partial charge in [0.25, 0.3) is 0 Å². The zero-order valence-corrected chi connectivity index (χ0v) is 7.12. The Morgan fingerprint density at radius 1 is 1.55 bits per heavy atom. The van der Waals surface area contributed by atoms with Crippen LogP contribution in [-0.2, 0) is 0 Å². The average molecular weight is 150 g/mol. The SMILES string of the molecule is CC(C)n1nccc1C1CC1. The van der Waals surface area contributed by atoms with Crippen molar-refractivity contribution in [1.29, 1.82) is 0 Å². The third-order valence-corrected chi connectivity index (χ3v) is 2.19. The van der Waals surface area contributed by atoms with E-state index in [9.17, 15) is 0 Å². The maximum absolute atomic E-state index is 4.29. The molecule has 1 heterocycles. The van der Waals surface area contributed by atoms with E-state index in [1.807, 2.05) is 6.20 Å². The highest BCUT2D eigenvalue weighted by Crippen LogP contribution is 2.40. The Bertz CT molecular complexity index is 229. The van der Waals surface area contributed by atoms with Gasteiger partial charge in [-0.15, -0.1) is 0 Å². The van der Waals surface area contributed by atoms with Gasteiger partial charge in [0.15, 0.2) is 0 Å². The van der Waals surface area contributed by atoms with Crippen LogP contribution in [0, 0.1) is 0 Å². The molecule has 11 heavy (non-hydrogen) atoms. The number of rotatable bonds is 2. The van der Waals surface area contributed by atoms with Crippen molar-refractivity contribution in [3.8, 4) is 0 Å². The van der Waals surface area contributed by atoms with Gasteiger partial charge in [0.1, 0.15) is 0 Å². The molecule has 1 aromatic heterocycles. The molecule has 0 N–H and O–H groups in total. The van der Waals surface area contributed by atoms with Gasteiger partial charge in [-0.05, 0) is 32.8 Å². The Kier molecular flexibility index (Phi) is 1.48. The zero-order chi connectivity index (χ0) is 7.84. The second-order valence-electron chi connectivity index (χ2n) is 3.57. The van der Waals surface area contributed by atoms with E-state index >= 15 is 0 Å². The van der Waals surface area contributed by atoms with Gasteiger partial charge in [0.05, 0.1) is 0 Å². The molecule has 0 unspecified atom stereocenters. The van der Waals surface area contributed by atoms with E-state index in [1.54, 1.807) is 0 Å². The molecule has 1 fully saturated rings. The largest absolute Gasteiger partial charge is 0.267 e. The van der Waals surface area contributed by atoms with E-state index in [0.717, 1.165) is 5.92 Å². The van der Waals surface area contributed by atoms with Crippen LogP contribution in [0.1, 0.15) is 44.3 Å². The normalized spacial score (nSPS) is 17.7. The molecule has 0 saturated heterocycles. The van der Waals surface area contributed by atoms with E-state index < -0.39 is 0 Å². The second kappa shape index (κ2) is 2.36. The lowest BCUT2D eigenvalue weighted by molar-refractivity contribution is 0.510. The minimum absolute atomic E-state index is 0.514. The van der Waals surface area contributed by atoms with Crippen LogP contribution < -0.4 is 0 Å². The van der Waals surface area contributed by atoms with E-state index in [2.05, 4.69) is 29.7 Å². The first-order chi connectivity index (χ1) is 5.29. The monoisotopic (exact) mass is 150 g/mol. The van der Waals surface area contributed by atoms with Crippen LogP contribution in [0.3, 0.4) is 0 Å². The van der Waals surface area contributed by atoms with E-state index in [0.29, 0.717) is 6.04 Å². The summed E-state index contributed by atoms with van der Waals surface area (Å²) in [4.78, 5) is 0. The molecular formula is C9H14N2. The molecule has 0 aliphatic heterocycles. The van der Waals surface area contributed by atoms with Gasteiger partial charge in [0, 0.05) is 23.9 Å². The van der Waals surface area contributed by atoms with Gasteiger partial charge in [-0.3, -0.25) is 4.68 Å². The van der Waals surface area contributed by atoms with Crippen LogP contribution in [0.15, 0.2) is 12.3 Å². The van der Waals surface area contributed by atoms with Crippen LogP contribution in [-0.4, -0.2) is 9.78 Å². The first-order valence-corrected chi connectivity index (χ1v) is 4.32. The molecule has 2 heteroatoms. The lowest BCUT2D eigenvalue weighted by Crippen LogP contribution is -2.06. The summed E-state index contributed by atoms with van der Waals surface area (Å²) in [6.45, 7) is 4.36. The predicted octanol–water partition coefficient (Wildman–Crippen LogP) is 2.34. The second-order valence-corrected chi connectivity index (χ2v) is 3.57. The molecule has 2 nitrogen and oxygen atoms in total. The van der Waals surface area contributed by atoms with Crippen LogP contribution in [0.25, 0.3) is 0 Å². The summed E-state index contributed by atoms with van der Waals surface area (Å²) < 4.78 is 2.14. The van der Waals surface area contributed by atoms with Gasteiger partial charge in [-0.2, -0.15) is 5.10 Å². The molecule has 60 valence electrons. The maximum atomic E-state index is 4.29. The third kappa shape index (κ3) is 1.17. The molecule has 0 aromatic carbocycles. The summed E-state index contributed by atoms with van der Waals surface area (Å²) in [5.41, 5.74) is 1.43. The Morgan fingerprint density at radius 2 is 2.27 bits per heavy atom. The Morgan fingerprint density at radius 3 is 2.82 bits per heavy atom. The summed E-state index contributed by atoms with van der Waals surface area (Å²) in [5, 5.41) is 4.29. The molecular weight excluding hydrogens is 136 g/mol. The molecule has 1 aliphatic rings. The van der Waals surface area contributed by atoms with E-state index in [4.69, 9.17) is 0 Å². The first-order valence-electron chi connectivity index (χ1n) is 4.32. The smallest absolute Gasteiger partial charge is 0.0492 e. The van der Waals surface area contributed by atoms with Gasteiger partial charge >= 0.3 is 0 Å². The topological polar surface area (TPSA) is 17.8 Å². The fourth-order valence-corrected chi connectivity index (χ4v) is 1.46. The summed E-state index contributed by atoms with van der Waals surface area (Å²) in [7, 11) is 0. The molecule has 1 saturated carbocycles. The average Bonchev–Trinajstić information content (AvgIpc) is 2.68. The maximum Gasteiger partial charge on any atom is 0.0492 e. The number of aromatic nitrogens is 2. The summed E-state index contributed by atoms with van der Waals surface area (Å²) in [6, 6.07) is 2.66. The van der Waals surface area contributed by atoms with Gasteiger partial charge in [0.2, 0.25) is 0 Å². The standard InChI is InChI=1S/C9H14N2/c1-7(2)11-9(5-6-10-11)8-3-4-8/h5-8H,3-4H2,1-2H3. The summed E-state index contributed by atoms with van der Waals surface area (Å²) >= 11 is 0. The lowest BCUT2D eigenvalue weighted by atomic mass is 10.3. The fraction of sp³-hybridized carbons (Fsp3) is 0.667. The highest BCUT2D eigenvalue weighted by Gasteiger charge is 2.27. The van der Waals surface area contributed by atoms with Crippen LogP contribution in [0.2, 0.25) is 0 Å². The van der Waals surface area contributed by atoms with Crippen molar-refractivity contribution in [1.82, 2.24) is 9.78 Å². The van der Waals surface area contributed by atoms with E-state index in [1.165, 1.54) is 18.5 Å². The highest BCUT2D eigenvalue weighted by molar-refractivity contribution is 5.14.